The summed E-state index contributed by atoms with van der Waals surface area (Å²) in [4.78, 5) is 0. The Morgan fingerprint density at radius 3 is 0.948 bits per heavy atom. The van der Waals surface area contributed by atoms with E-state index in [1.54, 1.807) is 0 Å². The molecule has 0 aliphatic heterocycles. The highest BCUT2D eigenvalue weighted by Gasteiger charge is 2.52. The fourth-order valence-electron chi connectivity index (χ4n) is 17.1. The van der Waals surface area contributed by atoms with Crippen molar-refractivity contribution < 1.29 is 0 Å². The summed E-state index contributed by atoms with van der Waals surface area (Å²) in [5, 5.41) is 0. The lowest BCUT2D eigenvalue weighted by Crippen LogP contribution is -2.28. The average Bonchev–Trinajstić information content (AvgIpc) is 1.52. The van der Waals surface area contributed by atoms with Crippen molar-refractivity contribution in [2.75, 3.05) is 0 Å². The number of rotatable bonds is 2. The van der Waals surface area contributed by atoms with Crippen LogP contribution < -0.4 is 0 Å². The smallest absolute Gasteiger partial charge is 0.0622 e. The number of hydrogen-bond donors (Lipinski definition) is 0. The first-order chi connectivity index (χ1) is 46.9. The molecule has 14 aromatic rings. The van der Waals surface area contributed by atoms with E-state index in [1.165, 1.54) is 172 Å². The Balaban J connectivity index is 0.0000000971. The largest absolute Gasteiger partial charge is 0.0725 e. The molecule has 14 aromatic carbocycles. The van der Waals surface area contributed by atoms with Gasteiger partial charge in [-0.2, -0.15) is 0 Å². The topological polar surface area (TPSA) is 0 Å². The van der Waals surface area contributed by atoms with E-state index in [1.807, 2.05) is 0 Å². The summed E-state index contributed by atoms with van der Waals surface area (Å²) in [5.74, 6) is 0. The SMILES string of the molecule is Cc1ccc2c(c1)-c1ccccc1C2.Cc1ccc2c(c1)C(C)(C)c1ccccc1-2.Cc1ccc2c(c1)C(c1ccccc1)(c1ccccc1)c1ccccc1-2.Cc1ccc2c(c1)C1(c3ccccc3-c3ccccc31)c1ccccc1-2.Cc1ccc2c(c1)Cc1ccccc1-2. The summed E-state index contributed by atoms with van der Waals surface area (Å²) >= 11 is 0. The lowest BCUT2D eigenvalue weighted by Gasteiger charge is -2.34. The van der Waals surface area contributed by atoms with Crippen LogP contribution in [0.4, 0.5) is 0 Å². The fraction of sp³-hybridized carbons (Fsp3) is 0.125. The quantitative estimate of drug-likeness (QED) is 0.162. The van der Waals surface area contributed by atoms with Crippen molar-refractivity contribution in [1.82, 2.24) is 0 Å². The molecule has 96 heavy (non-hydrogen) atoms. The van der Waals surface area contributed by atoms with Crippen molar-refractivity contribution >= 4 is 0 Å². The van der Waals surface area contributed by atoms with Gasteiger partial charge in [0.25, 0.3) is 0 Å². The maximum absolute atomic E-state index is 2.40. The Bertz CT molecular complexity index is 5120. The van der Waals surface area contributed by atoms with Crippen LogP contribution >= 0.6 is 0 Å². The van der Waals surface area contributed by atoms with Gasteiger partial charge in [0.1, 0.15) is 0 Å². The van der Waals surface area contributed by atoms with Crippen molar-refractivity contribution in [2.45, 2.75) is 77.6 Å². The predicted octanol–water partition coefficient (Wildman–Crippen LogP) is 24.1. The van der Waals surface area contributed by atoms with Gasteiger partial charge in [-0.05, 0) is 192 Å². The molecule has 0 nitrogen and oxygen atoms in total. The molecule has 0 atom stereocenters. The van der Waals surface area contributed by atoms with Gasteiger partial charge >= 0.3 is 0 Å². The van der Waals surface area contributed by atoms with E-state index in [0.717, 1.165) is 12.8 Å². The van der Waals surface area contributed by atoms with Crippen molar-refractivity contribution in [3.63, 3.8) is 0 Å². The lowest BCUT2D eigenvalue weighted by atomic mass is 9.67. The van der Waals surface area contributed by atoms with Gasteiger partial charge in [0, 0.05) is 5.41 Å². The van der Waals surface area contributed by atoms with E-state index in [4.69, 9.17) is 0 Å². The normalized spacial score (nSPS) is 13.9. The van der Waals surface area contributed by atoms with E-state index in [-0.39, 0.29) is 16.2 Å². The minimum atomic E-state index is -0.263. The molecular formula is C96H78. The van der Waals surface area contributed by atoms with Crippen LogP contribution in [0.1, 0.15) is 120 Å². The summed E-state index contributed by atoms with van der Waals surface area (Å²) in [5.41, 5.74) is 42.9. The monoisotopic (exact) mass is 1230 g/mol. The van der Waals surface area contributed by atoms with Gasteiger partial charge < -0.3 is 0 Å². The summed E-state index contributed by atoms with van der Waals surface area (Å²) < 4.78 is 0. The van der Waals surface area contributed by atoms with Gasteiger partial charge in [-0.25, -0.2) is 0 Å². The second-order valence-corrected chi connectivity index (χ2v) is 27.7. The van der Waals surface area contributed by atoms with E-state index in [2.05, 4.69) is 370 Å². The van der Waals surface area contributed by atoms with E-state index in [0.29, 0.717) is 0 Å². The molecule has 0 fully saturated rings. The van der Waals surface area contributed by atoms with Crippen molar-refractivity contribution in [1.29, 1.82) is 0 Å². The molecule has 0 heterocycles. The number of fused-ring (bicyclic) bond motifs is 22. The fourth-order valence-corrected chi connectivity index (χ4v) is 17.1. The molecule has 6 aliphatic carbocycles. The van der Waals surface area contributed by atoms with E-state index in [9.17, 15) is 0 Å². The number of benzene rings is 14. The van der Waals surface area contributed by atoms with Crippen molar-refractivity contribution in [2.24, 2.45) is 0 Å². The molecule has 0 radical (unpaired) electrons. The Morgan fingerprint density at radius 2 is 0.469 bits per heavy atom. The first-order valence-corrected chi connectivity index (χ1v) is 34.2. The van der Waals surface area contributed by atoms with Crippen molar-refractivity contribution in [3.05, 3.63) is 427 Å². The van der Waals surface area contributed by atoms with Crippen LogP contribution in [0.25, 0.3) is 66.8 Å². The van der Waals surface area contributed by atoms with Crippen LogP contribution in [0, 0.1) is 34.6 Å². The van der Waals surface area contributed by atoms with E-state index < -0.39 is 0 Å². The zero-order valence-corrected chi connectivity index (χ0v) is 56.0. The van der Waals surface area contributed by atoms with E-state index >= 15 is 0 Å². The lowest BCUT2D eigenvalue weighted by molar-refractivity contribution is 0.660. The molecule has 6 aliphatic rings. The molecule has 462 valence electrons. The van der Waals surface area contributed by atoms with Crippen LogP contribution in [0.2, 0.25) is 0 Å². The maximum atomic E-state index is 2.40. The second kappa shape index (κ2) is 24.1. The highest BCUT2D eigenvalue weighted by molar-refractivity contribution is 5.95. The molecule has 0 amide bonds. The highest BCUT2D eigenvalue weighted by Crippen LogP contribution is 2.63. The first kappa shape index (κ1) is 60.1. The predicted molar refractivity (Wildman–Crippen MR) is 404 cm³/mol. The maximum Gasteiger partial charge on any atom is 0.0725 e. The third-order valence-corrected chi connectivity index (χ3v) is 21.4. The van der Waals surface area contributed by atoms with Gasteiger partial charge in [0.15, 0.2) is 0 Å². The zero-order chi connectivity index (χ0) is 65.3. The molecule has 1 spiro atoms. The van der Waals surface area contributed by atoms with Crippen molar-refractivity contribution in [3.8, 4) is 66.8 Å². The van der Waals surface area contributed by atoms with Crippen LogP contribution in [0.15, 0.2) is 322 Å². The summed E-state index contributed by atoms with van der Waals surface area (Å²) in [6.45, 7) is 15.5. The number of hydrogen-bond acceptors (Lipinski definition) is 0. The third kappa shape index (κ3) is 9.79. The minimum Gasteiger partial charge on any atom is -0.0622 e. The van der Waals surface area contributed by atoms with Gasteiger partial charge in [0.05, 0.1) is 10.8 Å². The second-order valence-electron chi connectivity index (χ2n) is 27.7. The number of aryl methyl sites for hydroxylation is 5. The molecule has 0 unspecified atom stereocenters. The molecule has 0 heteroatoms. The molecule has 0 aromatic heterocycles. The molecule has 0 saturated carbocycles. The minimum absolute atomic E-state index is 0.151. The first-order valence-electron chi connectivity index (χ1n) is 34.2. The van der Waals surface area contributed by atoms with Gasteiger partial charge in [0.2, 0.25) is 0 Å². The summed E-state index contributed by atoms with van der Waals surface area (Å²) in [6.07, 6.45) is 2.21. The molecule has 0 N–H and O–H groups in total. The standard InChI is InChI=1S/C26H18.C26H20.C16H16.2C14H12/c1-17-14-15-21-20-10-4-7-13-24(20)26(25(21)16-17)22-11-5-2-8-18(22)19-9-3-6-12-23(19)26;1-19-16-17-23-22-14-8-9-15-24(22)26(25(23)18-19,20-10-4-2-5-11-20)21-12-6-3-7-13-21;1-11-8-9-13-12-6-4-5-7-14(12)16(2,3)15(13)10-11;1-10-6-7-14-12(8-10)9-11-4-2-3-5-13(11)14;1-10-6-7-12-9-11-4-2-3-5-13(11)14(12)8-10/h2-16H,1H3;2-18H,1H3;4-10H,1-3H3;2*2-8H,9H2,1H3. The third-order valence-electron chi connectivity index (χ3n) is 21.4. The molecule has 0 bridgehead atoms. The zero-order valence-electron chi connectivity index (χ0n) is 56.0. The highest BCUT2D eigenvalue weighted by atomic mass is 14.5. The Hall–Kier alpha value is -10.9. The summed E-state index contributed by atoms with van der Waals surface area (Å²) in [6, 6.07) is 118. The van der Waals surface area contributed by atoms with Gasteiger partial charge in [-0.15, -0.1) is 0 Å². The van der Waals surface area contributed by atoms with Crippen LogP contribution in [-0.4, -0.2) is 0 Å². The molecule has 0 saturated heterocycles. The summed E-state index contributed by atoms with van der Waals surface area (Å²) in [7, 11) is 0. The van der Waals surface area contributed by atoms with Crippen LogP contribution in [-0.2, 0) is 29.1 Å². The Labute approximate surface area is 568 Å². The van der Waals surface area contributed by atoms with Crippen LogP contribution in [0.3, 0.4) is 0 Å². The van der Waals surface area contributed by atoms with Crippen LogP contribution in [0.5, 0.6) is 0 Å². The Kier molecular flexibility index (Phi) is 15.1. The van der Waals surface area contributed by atoms with Gasteiger partial charge in [-0.1, -0.05) is 363 Å². The average molecular weight is 1230 g/mol. The molecule has 20 rings (SSSR count). The Morgan fingerprint density at radius 1 is 0.188 bits per heavy atom. The molecular weight excluding hydrogens is 1150 g/mol. The van der Waals surface area contributed by atoms with Gasteiger partial charge in [-0.3, -0.25) is 0 Å².